The van der Waals surface area contributed by atoms with E-state index in [4.69, 9.17) is 53.0 Å². The average molecular weight is 498 g/mol. The Labute approximate surface area is 133 Å². The Hall–Kier alpha value is 1.25. The number of hydrogen-bond donors (Lipinski definition) is 1. The molecule has 0 spiro atoms. The summed E-state index contributed by atoms with van der Waals surface area (Å²) in [4.78, 5) is 0. The van der Waals surface area contributed by atoms with Crippen LogP contribution in [0.1, 0.15) is 5.56 Å². The molecule has 0 aromatic heterocycles. The van der Waals surface area contributed by atoms with Crippen LogP contribution in [0.15, 0.2) is 30.3 Å². The number of nitrogens with one attached hydrogen (secondary N) is 1. The first-order valence-electron chi connectivity index (χ1n) is 5.07. The van der Waals surface area contributed by atoms with E-state index in [1.807, 2.05) is 43.2 Å². The molecule has 0 radical (unpaired) electrons. The Kier molecular flexibility index (Phi) is 7.47. The summed E-state index contributed by atoms with van der Waals surface area (Å²) in [7, 11) is 29.0. The predicted octanol–water partition coefficient (Wildman–Crippen LogP) is 4.83. The average Bonchev–Trinajstić information content (AvgIpc) is 2.13. The molecule has 1 rings (SSSR count). The molecule has 0 amide bonds. The van der Waals surface area contributed by atoms with Crippen LogP contribution in [0.25, 0.3) is 0 Å². The molecule has 1 aromatic carbocycles. The Morgan fingerprint density at radius 3 is 1.79 bits per heavy atom. The van der Waals surface area contributed by atoms with Gasteiger partial charge in [-0.2, -0.15) is 0 Å². The molecule has 0 aliphatic rings. The van der Waals surface area contributed by atoms with Crippen LogP contribution in [0.3, 0.4) is 0 Å². The summed E-state index contributed by atoms with van der Waals surface area (Å²) in [6.45, 7) is 0.888. The molecule has 19 heavy (non-hydrogen) atoms. The molecule has 1 aromatic rings. The van der Waals surface area contributed by atoms with Crippen LogP contribution in [0.2, 0.25) is 0 Å². The fourth-order valence-electron chi connectivity index (χ4n) is 0.942. The Balaban J connectivity index is 0.000000399. The van der Waals surface area contributed by atoms with Gasteiger partial charge in [-0.25, -0.2) is 0 Å². The Bertz CT molecular complexity index is 410. The fraction of sp³-hybridized carbons (Fsp3) is 0.300. The van der Waals surface area contributed by atoms with E-state index in [-0.39, 0.29) is 0 Å². The van der Waals surface area contributed by atoms with Gasteiger partial charge in [0.1, 0.15) is 6.54 Å². The molecule has 0 unspecified atom stereocenters. The normalized spacial score (nSPS) is 14.3. The first-order chi connectivity index (χ1) is 8.24. The third kappa shape index (κ3) is 24.6. The summed E-state index contributed by atoms with van der Waals surface area (Å²) in [6.07, 6.45) is 1.95. The van der Waals surface area contributed by atoms with Crippen molar-refractivity contribution in [3.05, 3.63) is 35.9 Å². The van der Waals surface area contributed by atoms with Gasteiger partial charge in [0.05, 0.1) is 14.1 Å². The molecular formula is C10H15Cl6N2Sb. The van der Waals surface area contributed by atoms with Gasteiger partial charge >= 0.3 is 62.1 Å². The SMILES string of the molecule is C[N+](C)=CNCc1ccccc1.[Cl][Sb-]([Cl])([Cl])([Cl])([Cl])[Cl]. The third-order valence-electron chi connectivity index (χ3n) is 1.50. The summed E-state index contributed by atoms with van der Waals surface area (Å²) in [5, 5.41) is 3.20. The number of hydrogen-bond acceptors (Lipinski definition) is 0. The van der Waals surface area contributed by atoms with Crippen molar-refractivity contribution in [2.24, 2.45) is 0 Å². The second-order valence-corrected chi connectivity index (χ2v) is 60.8. The molecule has 2 nitrogen and oxygen atoms in total. The Morgan fingerprint density at radius 1 is 1.00 bits per heavy atom. The monoisotopic (exact) mass is 494 g/mol. The van der Waals surface area contributed by atoms with Gasteiger partial charge in [-0.15, -0.1) is 0 Å². The summed E-state index contributed by atoms with van der Waals surface area (Å²) in [6, 6.07) is 10.3. The van der Waals surface area contributed by atoms with E-state index in [1.54, 1.807) is 0 Å². The minimum absolute atomic E-state index is 0.888. The van der Waals surface area contributed by atoms with Gasteiger partial charge in [-0.1, -0.05) is 30.3 Å². The molecule has 0 atom stereocenters. The number of rotatable bonds is 3. The molecule has 0 aliphatic carbocycles. The van der Waals surface area contributed by atoms with Crippen LogP contribution in [0.5, 0.6) is 0 Å². The van der Waals surface area contributed by atoms with E-state index < -0.39 is 9.14 Å². The molecule has 1 N–H and O–H groups in total. The van der Waals surface area contributed by atoms with E-state index in [0.29, 0.717) is 0 Å². The van der Waals surface area contributed by atoms with Crippen LogP contribution >= 0.6 is 53.0 Å². The quantitative estimate of drug-likeness (QED) is 0.274. The van der Waals surface area contributed by atoms with Crippen molar-refractivity contribution in [1.29, 1.82) is 0 Å². The fourth-order valence-corrected chi connectivity index (χ4v) is 0.942. The molecule has 0 fully saturated rings. The van der Waals surface area contributed by atoms with Gasteiger partial charge in [-0.3, -0.25) is 9.89 Å². The van der Waals surface area contributed by atoms with Crippen molar-refractivity contribution in [3.8, 4) is 0 Å². The zero-order valence-corrected chi connectivity index (χ0v) is 17.4. The van der Waals surface area contributed by atoms with Crippen molar-refractivity contribution in [2.45, 2.75) is 6.54 Å². The van der Waals surface area contributed by atoms with Crippen molar-refractivity contribution in [3.63, 3.8) is 0 Å². The first-order valence-corrected chi connectivity index (χ1v) is 24.5. The van der Waals surface area contributed by atoms with Crippen molar-refractivity contribution >= 4 is 68.5 Å². The van der Waals surface area contributed by atoms with Crippen LogP contribution in [0, 0.1) is 0 Å². The van der Waals surface area contributed by atoms with Crippen molar-refractivity contribution in [2.75, 3.05) is 14.1 Å². The van der Waals surface area contributed by atoms with E-state index >= 15 is 0 Å². The molecule has 0 heterocycles. The van der Waals surface area contributed by atoms with Gasteiger partial charge in [0.25, 0.3) is 0 Å². The summed E-state index contributed by atoms with van der Waals surface area (Å²) in [5.41, 5.74) is 1.30. The van der Waals surface area contributed by atoms with Gasteiger partial charge < -0.3 is 0 Å². The molecule has 0 saturated carbocycles. The van der Waals surface area contributed by atoms with E-state index in [2.05, 4.69) is 17.4 Å². The van der Waals surface area contributed by atoms with Gasteiger partial charge in [-0.05, 0) is 5.56 Å². The number of benzene rings is 1. The minimum atomic E-state index is -5.42. The maximum atomic E-state index is 5.06. The predicted molar refractivity (Wildman–Crippen MR) is 92.3 cm³/mol. The molecule has 9 heteroatoms. The zero-order valence-electron chi connectivity index (χ0n) is 10.3. The molecule has 0 aliphatic heterocycles. The molecule has 0 bridgehead atoms. The molecular weight excluding hydrogens is 483 g/mol. The second-order valence-electron chi connectivity index (χ2n) is 3.92. The summed E-state index contributed by atoms with van der Waals surface area (Å²) in [5.74, 6) is 0. The van der Waals surface area contributed by atoms with Crippen LogP contribution in [-0.4, -0.2) is 34.1 Å². The topological polar surface area (TPSA) is 15.0 Å². The van der Waals surface area contributed by atoms with Gasteiger partial charge in [0.2, 0.25) is 6.34 Å². The number of nitrogens with zero attached hydrogens (tertiary/aromatic N) is 1. The summed E-state index contributed by atoms with van der Waals surface area (Å²) >= 11 is 0. The van der Waals surface area contributed by atoms with E-state index in [0.717, 1.165) is 6.54 Å². The second kappa shape index (κ2) is 7.01. The van der Waals surface area contributed by atoms with E-state index in [1.165, 1.54) is 5.56 Å². The van der Waals surface area contributed by atoms with E-state index in [9.17, 15) is 0 Å². The zero-order chi connectivity index (χ0) is 15.2. The standard InChI is InChI=1S/C10H14N2.6ClH.Sb/c1-12(2)9-11-8-10-6-4-3-5-7-10;;;;;;;/h3-7,9H,8H2,1-2H3;6*1H;/q;;;;;;;+5/p-5. The molecule has 112 valence electrons. The van der Waals surface area contributed by atoms with Crippen LogP contribution in [-0.2, 0) is 6.54 Å². The van der Waals surface area contributed by atoms with Gasteiger partial charge in [0, 0.05) is 0 Å². The van der Waals surface area contributed by atoms with Crippen LogP contribution < -0.4 is 5.32 Å². The maximum absolute atomic E-state index is 5.42. The molecule has 0 saturated heterocycles. The van der Waals surface area contributed by atoms with Crippen molar-refractivity contribution in [1.82, 2.24) is 5.32 Å². The summed E-state index contributed by atoms with van der Waals surface area (Å²) < 4.78 is 1.99. The van der Waals surface area contributed by atoms with Gasteiger partial charge in [0.15, 0.2) is 0 Å². The third-order valence-corrected chi connectivity index (χ3v) is 1.50. The van der Waals surface area contributed by atoms with Crippen LogP contribution in [0.4, 0.5) is 0 Å². The Morgan fingerprint density at radius 2 is 1.42 bits per heavy atom. The first kappa shape index (κ1) is 20.2. The number of halogens is 6. The van der Waals surface area contributed by atoms with Crippen molar-refractivity contribution < 1.29 is 4.58 Å².